The van der Waals surface area contributed by atoms with Gasteiger partial charge in [0, 0.05) is 23.5 Å². The fourth-order valence-corrected chi connectivity index (χ4v) is 4.25. The number of hydrogen-bond donors (Lipinski definition) is 0. The molecule has 1 aliphatic rings. The first-order valence-corrected chi connectivity index (χ1v) is 10.2. The van der Waals surface area contributed by atoms with Crippen LogP contribution in [0.2, 0.25) is 0 Å². The molecule has 1 aromatic heterocycles. The summed E-state index contributed by atoms with van der Waals surface area (Å²) in [5.74, 6) is -0.241. The summed E-state index contributed by atoms with van der Waals surface area (Å²) in [6, 6.07) is 20.5. The van der Waals surface area contributed by atoms with Crippen molar-refractivity contribution in [2.45, 2.75) is 51.7 Å². The molecule has 0 atom stereocenters. The van der Waals surface area contributed by atoms with Gasteiger partial charge in [-0.1, -0.05) is 79.9 Å². The van der Waals surface area contributed by atoms with Crippen molar-refractivity contribution < 1.29 is 9.53 Å². The molecule has 3 nitrogen and oxygen atoms in total. The summed E-state index contributed by atoms with van der Waals surface area (Å²) in [5, 5.41) is 0. The largest absolute Gasteiger partial charge is 0.457 e. The predicted molar refractivity (Wildman–Crippen MR) is 112 cm³/mol. The van der Waals surface area contributed by atoms with Crippen LogP contribution in [0.3, 0.4) is 0 Å². The Hall–Kier alpha value is -2.81. The number of nitrogens with zero attached hydrogens (tertiary/aromatic N) is 1. The molecule has 0 spiro atoms. The molecule has 1 saturated carbocycles. The summed E-state index contributed by atoms with van der Waals surface area (Å²) < 4.78 is 8.03. The minimum Gasteiger partial charge on any atom is -0.457 e. The van der Waals surface area contributed by atoms with Gasteiger partial charge in [-0.25, -0.2) is 4.79 Å². The molecule has 144 valence electrons. The second kappa shape index (κ2) is 8.47. The van der Waals surface area contributed by atoms with Gasteiger partial charge in [-0.2, -0.15) is 0 Å². The highest BCUT2D eigenvalue weighted by Gasteiger charge is 2.25. The van der Waals surface area contributed by atoms with Gasteiger partial charge in [0.15, 0.2) is 0 Å². The van der Waals surface area contributed by atoms with Crippen molar-refractivity contribution in [1.29, 1.82) is 0 Å². The fourth-order valence-electron chi connectivity index (χ4n) is 4.25. The third kappa shape index (κ3) is 3.89. The molecule has 0 aliphatic heterocycles. The molecule has 2 aromatic carbocycles. The number of benzene rings is 2. The van der Waals surface area contributed by atoms with Gasteiger partial charge < -0.3 is 9.30 Å². The molecule has 3 heteroatoms. The van der Waals surface area contributed by atoms with E-state index in [0.717, 1.165) is 22.4 Å². The molecule has 0 bridgehead atoms. The third-order valence-corrected chi connectivity index (χ3v) is 5.76. The van der Waals surface area contributed by atoms with Crippen molar-refractivity contribution in [2.75, 3.05) is 0 Å². The number of carbonyl (C=O) groups excluding carboxylic acids is 1. The Bertz CT molecular complexity index is 922. The van der Waals surface area contributed by atoms with Crippen LogP contribution in [0.15, 0.2) is 66.9 Å². The maximum atomic E-state index is 13.1. The monoisotopic (exact) mass is 373 g/mol. The molecule has 0 unspecified atom stereocenters. The second-order valence-corrected chi connectivity index (χ2v) is 7.63. The Balaban J connectivity index is 1.67. The highest BCUT2D eigenvalue weighted by molar-refractivity contribution is 5.98. The molecule has 0 saturated heterocycles. The quantitative estimate of drug-likeness (QED) is 0.490. The Kier molecular flexibility index (Phi) is 5.61. The van der Waals surface area contributed by atoms with E-state index in [1.54, 1.807) is 0 Å². The lowest BCUT2D eigenvalue weighted by Gasteiger charge is -2.24. The summed E-state index contributed by atoms with van der Waals surface area (Å²) in [4.78, 5) is 13.1. The van der Waals surface area contributed by atoms with Gasteiger partial charge in [0.2, 0.25) is 0 Å². The van der Waals surface area contributed by atoms with Crippen molar-refractivity contribution in [2.24, 2.45) is 0 Å². The zero-order valence-corrected chi connectivity index (χ0v) is 16.4. The smallest absolute Gasteiger partial charge is 0.340 e. The van der Waals surface area contributed by atoms with E-state index in [4.69, 9.17) is 4.74 Å². The van der Waals surface area contributed by atoms with Crippen LogP contribution in [-0.2, 0) is 11.3 Å². The highest BCUT2D eigenvalue weighted by Crippen LogP contribution is 2.35. The zero-order valence-electron chi connectivity index (χ0n) is 16.4. The Morgan fingerprint density at radius 2 is 1.61 bits per heavy atom. The van der Waals surface area contributed by atoms with Crippen LogP contribution < -0.4 is 0 Å². The van der Waals surface area contributed by atoms with Crippen LogP contribution in [0.4, 0.5) is 0 Å². The number of ether oxygens (including phenoxy) is 1. The first-order valence-electron chi connectivity index (χ1n) is 10.2. The molecule has 1 heterocycles. The Labute approximate surface area is 167 Å². The average molecular weight is 373 g/mol. The lowest BCUT2D eigenvalue weighted by Crippen LogP contribution is -2.14. The van der Waals surface area contributed by atoms with Gasteiger partial charge in [-0.15, -0.1) is 0 Å². The molecule has 0 amide bonds. The standard InChI is InChI=1S/C25H27NO2/c1-19-24(25(27)28-18-20-11-5-2-6-12-20)23(21-13-7-3-8-14-21)17-26(19)22-15-9-4-10-16-22/h2-3,5-8,11-14,17,22H,4,9-10,15-16,18H2,1H3. The maximum absolute atomic E-state index is 13.1. The summed E-state index contributed by atoms with van der Waals surface area (Å²) in [7, 11) is 0. The van der Waals surface area contributed by atoms with Gasteiger partial charge in [-0.3, -0.25) is 0 Å². The number of carbonyl (C=O) groups is 1. The molecule has 0 radical (unpaired) electrons. The first-order chi connectivity index (χ1) is 13.7. The number of hydrogen-bond acceptors (Lipinski definition) is 2. The molecular weight excluding hydrogens is 346 g/mol. The molecular formula is C25H27NO2. The normalized spacial score (nSPS) is 14.8. The highest BCUT2D eigenvalue weighted by atomic mass is 16.5. The molecule has 1 fully saturated rings. The lowest BCUT2D eigenvalue weighted by atomic mass is 9.95. The van der Waals surface area contributed by atoms with Crippen molar-refractivity contribution in [3.63, 3.8) is 0 Å². The van der Waals surface area contributed by atoms with Crippen LogP contribution in [0.25, 0.3) is 11.1 Å². The van der Waals surface area contributed by atoms with Crippen LogP contribution in [-0.4, -0.2) is 10.5 Å². The molecule has 0 N–H and O–H groups in total. The third-order valence-electron chi connectivity index (χ3n) is 5.76. The predicted octanol–water partition coefficient (Wildman–Crippen LogP) is 6.33. The summed E-state index contributed by atoms with van der Waals surface area (Å²) in [6.45, 7) is 2.35. The Morgan fingerprint density at radius 1 is 0.964 bits per heavy atom. The van der Waals surface area contributed by atoms with Gasteiger partial charge in [-0.05, 0) is 30.9 Å². The van der Waals surface area contributed by atoms with E-state index < -0.39 is 0 Å². The summed E-state index contributed by atoms with van der Waals surface area (Å²) in [6.07, 6.45) is 8.37. The van der Waals surface area contributed by atoms with E-state index in [9.17, 15) is 4.79 Å². The minimum absolute atomic E-state index is 0.241. The SMILES string of the molecule is Cc1c(C(=O)OCc2ccccc2)c(-c2ccccc2)cn1C1CCCCC1. The van der Waals surface area contributed by atoms with Crippen LogP contribution in [0.1, 0.15) is 59.8 Å². The summed E-state index contributed by atoms with van der Waals surface area (Å²) >= 11 is 0. The van der Waals surface area contributed by atoms with Gasteiger partial charge >= 0.3 is 5.97 Å². The zero-order chi connectivity index (χ0) is 19.3. The first kappa shape index (κ1) is 18.5. The number of esters is 1. The topological polar surface area (TPSA) is 31.2 Å². The van der Waals surface area contributed by atoms with E-state index in [1.807, 2.05) is 48.5 Å². The van der Waals surface area contributed by atoms with E-state index in [1.165, 1.54) is 32.1 Å². The van der Waals surface area contributed by atoms with Crippen molar-refractivity contribution in [3.8, 4) is 11.1 Å². The van der Waals surface area contributed by atoms with Gasteiger partial charge in [0.25, 0.3) is 0 Å². The van der Waals surface area contributed by atoms with Crippen LogP contribution >= 0.6 is 0 Å². The van der Waals surface area contributed by atoms with Gasteiger partial charge in [0.1, 0.15) is 6.61 Å². The van der Waals surface area contributed by atoms with Crippen LogP contribution in [0.5, 0.6) is 0 Å². The van der Waals surface area contributed by atoms with Crippen molar-refractivity contribution in [1.82, 2.24) is 4.57 Å². The van der Waals surface area contributed by atoms with E-state index in [2.05, 4.69) is 29.8 Å². The molecule has 1 aliphatic carbocycles. The van der Waals surface area contributed by atoms with Crippen molar-refractivity contribution >= 4 is 5.97 Å². The fraction of sp³-hybridized carbons (Fsp3) is 0.320. The minimum atomic E-state index is -0.241. The van der Waals surface area contributed by atoms with E-state index >= 15 is 0 Å². The number of aromatic nitrogens is 1. The molecule has 4 rings (SSSR count). The lowest BCUT2D eigenvalue weighted by molar-refractivity contribution is 0.0472. The Morgan fingerprint density at radius 3 is 2.29 bits per heavy atom. The van der Waals surface area contributed by atoms with Gasteiger partial charge in [0.05, 0.1) is 5.56 Å². The van der Waals surface area contributed by atoms with Crippen LogP contribution in [0, 0.1) is 6.92 Å². The second-order valence-electron chi connectivity index (χ2n) is 7.63. The maximum Gasteiger partial charge on any atom is 0.340 e. The van der Waals surface area contributed by atoms with E-state index in [-0.39, 0.29) is 5.97 Å². The summed E-state index contributed by atoms with van der Waals surface area (Å²) in [5.41, 5.74) is 4.76. The average Bonchev–Trinajstić information content (AvgIpc) is 3.11. The molecule has 3 aromatic rings. The number of rotatable bonds is 5. The van der Waals surface area contributed by atoms with E-state index in [0.29, 0.717) is 18.2 Å². The van der Waals surface area contributed by atoms with Crippen molar-refractivity contribution in [3.05, 3.63) is 83.7 Å². The molecule has 28 heavy (non-hydrogen) atoms.